The first-order valence-electron chi connectivity index (χ1n) is 6.17. The van der Waals surface area contributed by atoms with Gasteiger partial charge in [-0.25, -0.2) is 8.78 Å². The average molecular weight is 292 g/mol. The van der Waals surface area contributed by atoms with Gasteiger partial charge in [-0.3, -0.25) is 4.79 Å². The molecule has 0 heterocycles. The van der Waals surface area contributed by atoms with E-state index < -0.39 is 17.5 Å². The molecular weight excluding hydrogens is 278 g/mol. The summed E-state index contributed by atoms with van der Waals surface area (Å²) in [4.78, 5) is 12.1. The molecule has 1 amide bonds. The predicted molar refractivity (Wildman–Crippen MR) is 74.9 cm³/mol. The second kappa shape index (κ2) is 6.21. The van der Waals surface area contributed by atoms with Crippen molar-refractivity contribution in [1.29, 1.82) is 0 Å². The van der Waals surface area contributed by atoms with E-state index in [1.54, 1.807) is 12.1 Å². The van der Waals surface area contributed by atoms with Crippen LogP contribution in [0.1, 0.15) is 15.9 Å². The molecule has 0 aliphatic carbocycles. The van der Waals surface area contributed by atoms with Gasteiger partial charge in [0.1, 0.15) is 5.75 Å². The Bertz CT molecular complexity index is 675. The van der Waals surface area contributed by atoms with Crippen molar-refractivity contribution in [2.45, 2.75) is 6.54 Å². The number of nitrogens with two attached hydrogens (primary N) is 1. The van der Waals surface area contributed by atoms with Crippen LogP contribution in [0.5, 0.6) is 5.75 Å². The molecule has 110 valence electrons. The van der Waals surface area contributed by atoms with E-state index in [4.69, 9.17) is 10.5 Å². The molecule has 3 N–H and O–H groups in total. The molecule has 21 heavy (non-hydrogen) atoms. The normalized spacial score (nSPS) is 10.2. The summed E-state index contributed by atoms with van der Waals surface area (Å²) in [6.45, 7) is 0.0635. The third kappa shape index (κ3) is 3.47. The molecule has 0 saturated carbocycles. The van der Waals surface area contributed by atoms with Gasteiger partial charge in [0.15, 0.2) is 11.6 Å². The first kappa shape index (κ1) is 14.8. The molecular formula is C15H14F2N2O2. The standard InChI is InChI=1S/C15H14F2N2O2/c1-21-14-5-3-10(18)7-11(14)15(20)19-8-9-2-4-12(16)13(17)6-9/h2-7H,8,18H2,1H3,(H,19,20). The van der Waals surface area contributed by atoms with Crippen LogP contribution in [0, 0.1) is 11.6 Å². The minimum absolute atomic E-state index is 0.0635. The molecule has 0 aliphatic rings. The molecule has 2 rings (SSSR count). The number of carbonyl (C=O) groups is 1. The molecule has 0 atom stereocenters. The highest BCUT2D eigenvalue weighted by atomic mass is 19.2. The van der Waals surface area contributed by atoms with Crippen LogP contribution in [0.15, 0.2) is 36.4 Å². The van der Waals surface area contributed by atoms with Gasteiger partial charge in [0.25, 0.3) is 5.91 Å². The summed E-state index contributed by atoms with van der Waals surface area (Å²) in [6, 6.07) is 8.13. The van der Waals surface area contributed by atoms with Crippen molar-refractivity contribution in [3.63, 3.8) is 0 Å². The summed E-state index contributed by atoms with van der Waals surface area (Å²) >= 11 is 0. The fraction of sp³-hybridized carbons (Fsp3) is 0.133. The van der Waals surface area contributed by atoms with E-state index in [9.17, 15) is 13.6 Å². The minimum Gasteiger partial charge on any atom is -0.496 e. The van der Waals surface area contributed by atoms with E-state index >= 15 is 0 Å². The molecule has 4 nitrogen and oxygen atoms in total. The number of benzene rings is 2. The maximum Gasteiger partial charge on any atom is 0.255 e. The second-order valence-corrected chi connectivity index (χ2v) is 4.39. The number of hydrogen-bond acceptors (Lipinski definition) is 3. The summed E-state index contributed by atoms with van der Waals surface area (Å²) in [5.41, 5.74) is 6.79. The Morgan fingerprint density at radius 2 is 1.95 bits per heavy atom. The summed E-state index contributed by atoms with van der Waals surface area (Å²) in [5.74, 6) is -1.92. The van der Waals surface area contributed by atoms with Crippen molar-refractivity contribution < 1.29 is 18.3 Å². The number of ether oxygens (including phenoxy) is 1. The highest BCUT2D eigenvalue weighted by Crippen LogP contribution is 2.21. The number of anilines is 1. The van der Waals surface area contributed by atoms with Gasteiger partial charge in [0.05, 0.1) is 12.7 Å². The lowest BCUT2D eigenvalue weighted by Crippen LogP contribution is -2.23. The van der Waals surface area contributed by atoms with Crippen LogP contribution >= 0.6 is 0 Å². The van der Waals surface area contributed by atoms with Gasteiger partial charge in [-0.1, -0.05) is 6.07 Å². The smallest absolute Gasteiger partial charge is 0.255 e. The molecule has 0 bridgehead atoms. The quantitative estimate of drug-likeness (QED) is 0.851. The number of nitrogens with one attached hydrogen (secondary N) is 1. The number of methoxy groups -OCH3 is 1. The lowest BCUT2D eigenvalue weighted by atomic mass is 10.1. The molecule has 0 saturated heterocycles. The van der Waals surface area contributed by atoms with E-state index in [1.807, 2.05) is 0 Å². The number of nitrogen functional groups attached to an aromatic ring is 1. The Hall–Kier alpha value is -2.63. The highest BCUT2D eigenvalue weighted by Gasteiger charge is 2.12. The largest absolute Gasteiger partial charge is 0.496 e. The summed E-state index contributed by atoms with van der Waals surface area (Å²) in [7, 11) is 1.44. The lowest BCUT2D eigenvalue weighted by molar-refractivity contribution is 0.0948. The number of amides is 1. The van der Waals surface area contributed by atoms with Crippen LogP contribution in [0.3, 0.4) is 0 Å². The predicted octanol–water partition coefficient (Wildman–Crippen LogP) is 2.49. The SMILES string of the molecule is COc1ccc(N)cc1C(=O)NCc1ccc(F)c(F)c1. The van der Waals surface area contributed by atoms with Crippen LogP contribution < -0.4 is 15.8 Å². The molecule has 2 aromatic rings. The van der Waals surface area contributed by atoms with Crippen molar-refractivity contribution in [2.75, 3.05) is 12.8 Å². The Balaban J connectivity index is 2.11. The Labute approximate surface area is 120 Å². The molecule has 0 aromatic heterocycles. The minimum atomic E-state index is -0.955. The maximum absolute atomic E-state index is 13.1. The molecule has 0 fully saturated rings. The van der Waals surface area contributed by atoms with Crippen molar-refractivity contribution in [1.82, 2.24) is 5.32 Å². The average Bonchev–Trinajstić information content (AvgIpc) is 2.48. The van der Waals surface area contributed by atoms with Gasteiger partial charge in [-0.2, -0.15) is 0 Å². The third-order valence-electron chi connectivity index (χ3n) is 2.91. The summed E-state index contributed by atoms with van der Waals surface area (Å²) < 4.78 is 31.0. The third-order valence-corrected chi connectivity index (χ3v) is 2.91. The number of carbonyl (C=O) groups excluding carboxylic acids is 1. The first-order chi connectivity index (χ1) is 10.0. The molecule has 0 radical (unpaired) electrons. The number of hydrogen-bond donors (Lipinski definition) is 2. The van der Waals surface area contributed by atoms with Gasteiger partial charge in [0.2, 0.25) is 0 Å². The first-order valence-corrected chi connectivity index (χ1v) is 6.17. The van der Waals surface area contributed by atoms with Crippen molar-refractivity contribution in [3.8, 4) is 5.75 Å². The Morgan fingerprint density at radius 1 is 1.19 bits per heavy atom. The van der Waals surface area contributed by atoms with Gasteiger partial charge in [0, 0.05) is 12.2 Å². The van der Waals surface area contributed by atoms with Crippen molar-refractivity contribution >= 4 is 11.6 Å². The topological polar surface area (TPSA) is 64.3 Å². The van der Waals surface area contributed by atoms with Crippen molar-refractivity contribution in [2.24, 2.45) is 0 Å². The molecule has 0 aliphatic heterocycles. The molecule has 0 unspecified atom stereocenters. The lowest BCUT2D eigenvalue weighted by Gasteiger charge is -2.10. The monoisotopic (exact) mass is 292 g/mol. The highest BCUT2D eigenvalue weighted by molar-refractivity contribution is 5.97. The Kier molecular flexibility index (Phi) is 4.37. The molecule has 2 aromatic carbocycles. The van der Waals surface area contributed by atoms with Gasteiger partial charge in [-0.05, 0) is 35.9 Å². The van der Waals surface area contributed by atoms with Crippen LogP contribution in [0.2, 0.25) is 0 Å². The van der Waals surface area contributed by atoms with E-state index in [1.165, 1.54) is 19.2 Å². The second-order valence-electron chi connectivity index (χ2n) is 4.39. The summed E-state index contributed by atoms with van der Waals surface area (Å²) in [6.07, 6.45) is 0. The molecule has 0 spiro atoms. The summed E-state index contributed by atoms with van der Waals surface area (Å²) in [5, 5.41) is 2.60. The van der Waals surface area contributed by atoms with E-state index in [0.29, 0.717) is 17.0 Å². The van der Waals surface area contributed by atoms with Crippen molar-refractivity contribution in [3.05, 3.63) is 59.2 Å². The fourth-order valence-electron chi connectivity index (χ4n) is 1.83. The molecule has 6 heteroatoms. The van der Waals surface area contributed by atoms with Gasteiger partial charge >= 0.3 is 0 Å². The van der Waals surface area contributed by atoms with Crippen LogP contribution in [-0.4, -0.2) is 13.0 Å². The van der Waals surface area contributed by atoms with Crippen LogP contribution in [0.25, 0.3) is 0 Å². The van der Waals surface area contributed by atoms with E-state index in [-0.39, 0.29) is 12.1 Å². The van der Waals surface area contributed by atoms with Gasteiger partial charge in [-0.15, -0.1) is 0 Å². The van der Waals surface area contributed by atoms with Gasteiger partial charge < -0.3 is 15.8 Å². The Morgan fingerprint density at radius 3 is 2.62 bits per heavy atom. The zero-order valence-electron chi connectivity index (χ0n) is 11.3. The maximum atomic E-state index is 13.1. The van der Waals surface area contributed by atoms with Crippen LogP contribution in [0.4, 0.5) is 14.5 Å². The van der Waals surface area contributed by atoms with E-state index in [0.717, 1.165) is 12.1 Å². The van der Waals surface area contributed by atoms with Crippen LogP contribution in [-0.2, 0) is 6.54 Å². The van der Waals surface area contributed by atoms with E-state index in [2.05, 4.69) is 5.32 Å². The fourth-order valence-corrected chi connectivity index (χ4v) is 1.83. The zero-order valence-corrected chi connectivity index (χ0v) is 11.3. The number of halogens is 2. The zero-order chi connectivity index (χ0) is 15.4. The number of rotatable bonds is 4.